The summed E-state index contributed by atoms with van der Waals surface area (Å²) in [6, 6.07) is -1.01. The van der Waals surface area contributed by atoms with E-state index in [1.165, 1.54) is 7.11 Å². The summed E-state index contributed by atoms with van der Waals surface area (Å²) in [6.07, 6.45) is -0.815. The van der Waals surface area contributed by atoms with Crippen LogP contribution in [0.1, 0.15) is 34.1 Å². The molecule has 0 aromatic carbocycles. The molecule has 100 valence electrons. The minimum absolute atomic E-state index is 0.186. The van der Waals surface area contributed by atoms with Gasteiger partial charge in [-0.25, -0.2) is 9.59 Å². The predicted molar refractivity (Wildman–Crippen MR) is 61.9 cm³/mol. The van der Waals surface area contributed by atoms with Gasteiger partial charge in [0.05, 0.1) is 6.10 Å². The van der Waals surface area contributed by atoms with Gasteiger partial charge in [0.25, 0.3) is 0 Å². The summed E-state index contributed by atoms with van der Waals surface area (Å²) in [5.41, 5.74) is -0.653. The molecular formula is C11H21NO5. The topological polar surface area (TPSA) is 84.9 Å². The number of hydrogen-bond donors (Lipinski definition) is 2. The molecule has 0 aliphatic heterocycles. The highest BCUT2D eigenvalue weighted by molar-refractivity contribution is 5.80. The van der Waals surface area contributed by atoms with Crippen LogP contribution in [0.5, 0.6) is 0 Å². The first kappa shape index (κ1) is 15.7. The first-order valence-corrected chi connectivity index (χ1v) is 5.41. The number of methoxy groups -OCH3 is 1. The van der Waals surface area contributed by atoms with Gasteiger partial charge in [-0.15, -0.1) is 0 Å². The quantitative estimate of drug-likeness (QED) is 0.766. The van der Waals surface area contributed by atoms with Crippen LogP contribution in [0.2, 0.25) is 0 Å². The molecule has 0 saturated carbocycles. The number of carboxylic acid groups (broad SMARTS) is 1. The number of rotatable bonds is 5. The molecule has 1 amide bonds. The lowest BCUT2D eigenvalue weighted by Crippen LogP contribution is -2.45. The second-order valence-corrected chi connectivity index (χ2v) is 4.82. The smallest absolute Gasteiger partial charge is 0.408 e. The molecule has 0 aliphatic rings. The number of hydrogen-bond acceptors (Lipinski definition) is 4. The number of alkyl carbamates (subject to hydrolysis) is 1. The number of aliphatic carboxylic acids is 1. The van der Waals surface area contributed by atoms with Crippen LogP contribution in [0, 0.1) is 0 Å². The van der Waals surface area contributed by atoms with Gasteiger partial charge in [-0.1, -0.05) is 0 Å². The van der Waals surface area contributed by atoms with E-state index < -0.39 is 23.7 Å². The van der Waals surface area contributed by atoms with E-state index in [2.05, 4.69) is 5.32 Å². The summed E-state index contributed by atoms with van der Waals surface area (Å²) in [7, 11) is 1.48. The Balaban J connectivity index is 4.35. The maximum absolute atomic E-state index is 11.4. The first-order valence-electron chi connectivity index (χ1n) is 5.41. The van der Waals surface area contributed by atoms with Crippen molar-refractivity contribution in [1.29, 1.82) is 0 Å². The van der Waals surface area contributed by atoms with Gasteiger partial charge in [-0.2, -0.15) is 0 Å². The van der Waals surface area contributed by atoms with Gasteiger partial charge in [0.1, 0.15) is 11.6 Å². The number of carbonyl (C=O) groups is 2. The van der Waals surface area contributed by atoms with E-state index in [0.717, 1.165) is 0 Å². The molecule has 0 radical (unpaired) electrons. The number of carbonyl (C=O) groups excluding carboxylic acids is 1. The number of amides is 1. The van der Waals surface area contributed by atoms with Crippen molar-refractivity contribution < 1.29 is 24.2 Å². The minimum Gasteiger partial charge on any atom is -0.480 e. The van der Waals surface area contributed by atoms with E-state index in [1.54, 1.807) is 27.7 Å². The van der Waals surface area contributed by atoms with Gasteiger partial charge in [0, 0.05) is 13.5 Å². The van der Waals surface area contributed by atoms with E-state index in [4.69, 9.17) is 14.6 Å². The average Bonchev–Trinajstić information content (AvgIpc) is 2.13. The molecule has 6 heteroatoms. The lowest BCUT2D eigenvalue weighted by atomic mass is 10.1. The third kappa shape index (κ3) is 7.57. The second kappa shape index (κ2) is 6.44. The molecule has 0 saturated heterocycles. The summed E-state index contributed by atoms with van der Waals surface area (Å²) in [4.78, 5) is 22.3. The molecule has 0 aromatic heterocycles. The van der Waals surface area contributed by atoms with Crippen molar-refractivity contribution in [2.45, 2.75) is 51.9 Å². The summed E-state index contributed by atoms with van der Waals surface area (Å²) >= 11 is 0. The fourth-order valence-corrected chi connectivity index (χ4v) is 1.10. The van der Waals surface area contributed by atoms with Crippen LogP contribution in [0.25, 0.3) is 0 Å². The molecule has 0 heterocycles. The monoisotopic (exact) mass is 247 g/mol. The Bertz CT molecular complexity index is 272. The molecule has 0 aromatic rings. The zero-order valence-electron chi connectivity index (χ0n) is 10.9. The lowest BCUT2D eigenvalue weighted by Gasteiger charge is -2.23. The highest BCUT2D eigenvalue weighted by atomic mass is 16.6. The normalized spacial score (nSPS) is 14.9. The van der Waals surface area contributed by atoms with E-state index in [-0.39, 0.29) is 12.5 Å². The number of ether oxygens (including phenoxy) is 2. The molecule has 0 spiro atoms. The fraction of sp³-hybridized carbons (Fsp3) is 0.818. The third-order valence-electron chi connectivity index (χ3n) is 1.96. The van der Waals surface area contributed by atoms with Crippen molar-refractivity contribution in [3.05, 3.63) is 0 Å². The largest absolute Gasteiger partial charge is 0.480 e. The third-order valence-corrected chi connectivity index (χ3v) is 1.96. The molecule has 6 nitrogen and oxygen atoms in total. The van der Waals surface area contributed by atoms with Gasteiger partial charge in [-0.05, 0) is 27.7 Å². The molecule has 0 bridgehead atoms. The van der Waals surface area contributed by atoms with E-state index in [1.807, 2.05) is 0 Å². The van der Waals surface area contributed by atoms with Crippen molar-refractivity contribution in [3.63, 3.8) is 0 Å². The summed E-state index contributed by atoms with van der Waals surface area (Å²) in [5.74, 6) is -1.11. The van der Waals surface area contributed by atoms with Crippen molar-refractivity contribution in [3.8, 4) is 0 Å². The van der Waals surface area contributed by atoms with Crippen molar-refractivity contribution in [2.24, 2.45) is 0 Å². The molecule has 2 N–H and O–H groups in total. The molecular weight excluding hydrogens is 226 g/mol. The van der Waals surface area contributed by atoms with Crippen LogP contribution in [-0.4, -0.2) is 42.0 Å². The number of nitrogens with one attached hydrogen (secondary N) is 1. The van der Waals surface area contributed by atoms with Crippen LogP contribution in [0.3, 0.4) is 0 Å². The van der Waals surface area contributed by atoms with Gasteiger partial charge in [0.15, 0.2) is 0 Å². The highest BCUT2D eigenvalue weighted by Crippen LogP contribution is 2.08. The Kier molecular flexibility index (Phi) is 5.95. The van der Waals surface area contributed by atoms with Crippen molar-refractivity contribution in [1.82, 2.24) is 5.32 Å². The van der Waals surface area contributed by atoms with Crippen molar-refractivity contribution >= 4 is 12.1 Å². The van der Waals surface area contributed by atoms with Crippen LogP contribution in [0.4, 0.5) is 4.79 Å². The Morgan fingerprint density at radius 2 is 1.88 bits per heavy atom. The zero-order valence-corrected chi connectivity index (χ0v) is 10.9. The van der Waals surface area contributed by atoms with Crippen molar-refractivity contribution in [2.75, 3.05) is 7.11 Å². The van der Waals surface area contributed by atoms with Crippen LogP contribution in [-0.2, 0) is 14.3 Å². The fourth-order valence-electron chi connectivity index (χ4n) is 1.10. The van der Waals surface area contributed by atoms with Gasteiger partial charge in [-0.3, -0.25) is 0 Å². The lowest BCUT2D eigenvalue weighted by molar-refractivity contribution is -0.140. The van der Waals surface area contributed by atoms with Gasteiger partial charge in [0.2, 0.25) is 0 Å². The first-order chi connectivity index (χ1) is 7.65. The Morgan fingerprint density at radius 1 is 1.35 bits per heavy atom. The molecule has 0 rings (SSSR count). The summed E-state index contributed by atoms with van der Waals surface area (Å²) in [6.45, 7) is 6.85. The molecule has 2 atom stereocenters. The SMILES string of the molecule is CO[C@@H](C)C[C@H](NC(=O)OC(C)(C)C)C(=O)O. The average molecular weight is 247 g/mol. The van der Waals surface area contributed by atoms with Crippen LogP contribution >= 0.6 is 0 Å². The number of carboxylic acids is 1. The molecule has 17 heavy (non-hydrogen) atoms. The van der Waals surface area contributed by atoms with E-state index in [9.17, 15) is 9.59 Å². The van der Waals surface area contributed by atoms with Gasteiger partial charge < -0.3 is 19.9 Å². The van der Waals surface area contributed by atoms with Crippen LogP contribution < -0.4 is 5.32 Å². The second-order valence-electron chi connectivity index (χ2n) is 4.82. The Hall–Kier alpha value is -1.30. The van der Waals surface area contributed by atoms with Crippen LogP contribution in [0.15, 0.2) is 0 Å². The molecule has 0 aliphatic carbocycles. The Labute approximate surface area is 101 Å². The maximum atomic E-state index is 11.4. The minimum atomic E-state index is -1.11. The highest BCUT2D eigenvalue weighted by Gasteiger charge is 2.25. The summed E-state index contributed by atoms with van der Waals surface area (Å²) < 4.78 is 9.94. The van der Waals surface area contributed by atoms with E-state index in [0.29, 0.717) is 0 Å². The predicted octanol–water partition coefficient (Wildman–Crippen LogP) is 1.39. The zero-order chi connectivity index (χ0) is 13.6. The Morgan fingerprint density at radius 3 is 2.24 bits per heavy atom. The maximum Gasteiger partial charge on any atom is 0.408 e. The standard InChI is InChI=1S/C11H21NO5/c1-7(16-5)6-8(9(13)14)12-10(15)17-11(2,3)4/h7-8H,6H2,1-5H3,(H,12,15)(H,13,14)/t7-,8-/m0/s1. The summed E-state index contributed by atoms with van der Waals surface area (Å²) in [5, 5.41) is 11.2. The van der Waals surface area contributed by atoms with E-state index >= 15 is 0 Å². The van der Waals surface area contributed by atoms with Gasteiger partial charge >= 0.3 is 12.1 Å². The molecule has 0 fully saturated rings. The molecule has 0 unspecified atom stereocenters.